The minimum atomic E-state index is -0.463. The molecule has 2 fully saturated rings. The highest BCUT2D eigenvalue weighted by atomic mass is 16.7. The predicted octanol–water partition coefficient (Wildman–Crippen LogP) is 3.06. The maximum absolute atomic E-state index is 5.84. The van der Waals surface area contributed by atoms with Gasteiger partial charge in [0, 0.05) is 39.0 Å². The molecule has 1 heterocycles. The molecule has 23 heavy (non-hydrogen) atoms. The summed E-state index contributed by atoms with van der Waals surface area (Å²) in [6, 6.07) is 8.59. The maximum Gasteiger partial charge on any atom is 0.168 e. The second-order valence-corrected chi connectivity index (χ2v) is 7.13. The molecule has 0 bridgehead atoms. The molecule has 2 atom stereocenters. The molecule has 0 amide bonds. The van der Waals surface area contributed by atoms with E-state index < -0.39 is 5.79 Å². The van der Waals surface area contributed by atoms with E-state index in [-0.39, 0.29) is 5.41 Å². The fourth-order valence-electron chi connectivity index (χ4n) is 4.65. The number of hydrogen-bond acceptors (Lipinski definition) is 4. The number of fused-ring (bicyclic) bond motifs is 1. The number of likely N-dealkylation sites (tertiary alicyclic amines) is 1. The van der Waals surface area contributed by atoms with Crippen LogP contribution in [0.5, 0.6) is 5.75 Å². The maximum atomic E-state index is 5.84. The Morgan fingerprint density at radius 3 is 2.61 bits per heavy atom. The Kier molecular flexibility index (Phi) is 4.68. The molecule has 1 saturated heterocycles. The average Bonchev–Trinajstić information content (AvgIpc) is 2.61. The molecule has 0 radical (unpaired) electrons. The molecular weight excluding hydrogens is 290 g/mol. The van der Waals surface area contributed by atoms with Gasteiger partial charge in [0.05, 0.1) is 7.11 Å². The van der Waals surface area contributed by atoms with Crippen LogP contribution in [-0.2, 0) is 14.9 Å². The molecule has 3 rings (SSSR count). The van der Waals surface area contributed by atoms with E-state index in [2.05, 4.69) is 30.1 Å². The zero-order valence-corrected chi connectivity index (χ0v) is 14.8. The van der Waals surface area contributed by atoms with Gasteiger partial charge >= 0.3 is 0 Å². The lowest BCUT2D eigenvalue weighted by molar-refractivity contribution is -0.246. The zero-order chi connectivity index (χ0) is 16.5. The van der Waals surface area contributed by atoms with E-state index in [4.69, 9.17) is 14.2 Å². The molecule has 0 spiro atoms. The van der Waals surface area contributed by atoms with Crippen molar-refractivity contribution in [3.63, 3.8) is 0 Å². The van der Waals surface area contributed by atoms with E-state index in [0.29, 0.717) is 5.92 Å². The van der Waals surface area contributed by atoms with E-state index in [1.165, 1.54) is 5.56 Å². The summed E-state index contributed by atoms with van der Waals surface area (Å²) in [4.78, 5) is 2.45. The Morgan fingerprint density at radius 1 is 1.13 bits per heavy atom. The van der Waals surface area contributed by atoms with Gasteiger partial charge in [-0.3, -0.25) is 0 Å². The van der Waals surface area contributed by atoms with Crippen molar-refractivity contribution in [2.75, 3.05) is 41.5 Å². The molecule has 1 aromatic rings. The molecule has 2 aliphatic rings. The third-order valence-corrected chi connectivity index (χ3v) is 6.10. The normalized spacial score (nSPS) is 30.7. The van der Waals surface area contributed by atoms with Gasteiger partial charge in [0.2, 0.25) is 0 Å². The molecule has 1 aromatic carbocycles. The van der Waals surface area contributed by atoms with Crippen LogP contribution < -0.4 is 4.74 Å². The quantitative estimate of drug-likeness (QED) is 0.798. The number of hydrogen-bond donors (Lipinski definition) is 0. The number of ether oxygens (including phenoxy) is 3. The van der Waals surface area contributed by atoms with Gasteiger partial charge in [-0.05, 0) is 50.0 Å². The minimum Gasteiger partial charge on any atom is -0.497 e. The average molecular weight is 319 g/mol. The molecule has 0 N–H and O–H groups in total. The second kappa shape index (κ2) is 6.42. The van der Waals surface area contributed by atoms with E-state index in [1.807, 2.05) is 6.07 Å². The summed E-state index contributed by atoms with van der Waals surface area (Å²) in [7, 11) is 7.51. The number of piperidine rings is 1. The monoisotopic (exact) mass is 319 g/mol. The van der Waals surface area contributed by atoms with Crippen LogP contribution in [0.25, 0.3) is 0 Å². The van der Waals surface area contributed by atoms with Crippen molar-refractivity contribution < 1.29 is 14.2 Å². The summed E-state index contributed by atoms with van der Waals surface area (Å²) < 4.78 is 17.2. The molecule has 1 aliphatic heterocycles. The summed E-state index contributed by atoms with van der Waals surface area (Å²) >= 11 is 0. The summed E-state index contributed by atoms with van der Waals surface area (Å²) in [6.45, 7) is 2.25. The number of nitrogens with zero attached hydrogens (tertiary/aromatic N) is 1. The van der Waals surface area contributed by atoms with Crippen molar-refractivity contribution >= 4 is 0 Å². The smallest absolute Gasteiger partial charge is 0.168 e. The Hall–Kier alpha value is -1.10. The number of rotatable bonds is 4. The predicted molar refractivity (Wildman–Crippen MR) is 90.9 cm³/mol. The van der Waals surface area contributed by atoms with Crippen molar-refractivity contribution in [2.24, 2.45) is 5.92 Å². The lowest BCUT2D eigenvalue weighted by atomic mass is 9.57. The Balaban J connectivity index is 2.03. The third kappa shape index (κ3) is 2.88. The summed E-state index contributed by atoms with van der Waals surface area (Å²) in [5.41, 5.74) is 1.47. The van der Waals surface area contributed by atoms with E-state index in [9.17, 15) is 0 Å². The van der Waals surface area contributed by atoms with Gasteiger partial charge in [0.1, 0.15) is 5.75 Å². The lowest BCUT2D eigenvalue weighted by Gasteiger charge is -2.55. The molecule has 1 saturated carbocycles. The van der Waals surface area contributed by atoms with Crippen molar-refractivity contribution in [1.29, 1.82) is 0 Å². The van der Waals surface area contributed by atoms with Gasteiger partial charge in [-0.15, -0.1) is 0 Å². The van der Waals surface area contributed by atoms with E-state index >= 15 is 0 Å². The van der Waals surface area contributed by atoms with Crippen LogP contribution >= 0.6 is 0 Å². The van der Waals surface area contributed by atoms with Gasteiger partial charge < -0.3 is 19.1 Å². The topological polar surface area (TPSA) is 30.9 Å². The fourth-order valence-corrected chi connectivity index (χ4v) is 4.65. The highest BCUT2D eigenvalue weighted by molar-refractivity contribution is 5.36. The van der Waals surface area contributed by atoms with Gasteiger partial charge in [-0.1, -0.05) is 12.1 Å². The fraction of sp³-hybridized carbons (Fsp3) is 0.684. The van der Waals surface area contributed by atoms with Crippen LogP contribution in [-0.4, -0.2) is 52.2 Å². The third-order valence-electron chi connectivity index (χ3n) is 6.10. The largest absolute Gasteiger partial charge is 0.497 e. The van der Waals surface area contributed by atoms with Crippen LogP contribution in [0.3, 0.4) is 0 Å². The van der Waals surface area contributed by atoms with Crippen LogP contribution in [0.4, 0.5) is 0 Å². The van der Waals surface area contributed by atoms with Gasteiger partial charge in [0.15, 0.2) is 5.79 Å². The molecule has 4 nitrogen and oxygen atoms in total. The van der Waals surface area contributed by atoms with Crippen LogP contribution in [0.1, 0.15) is 31.2 Å². The van der Waals surface area contributed by atoms with Crippen molar-refractivity contribution in [3.8, 4) is 5.75 Å². The first-order chi connectivity index (χ1) is 11.1. The lowest BCUT2D eigenvalue weighted by Crippen LogP contribution is -2.57. The van der Waals surface area contributed by atoms with E-state index in [1.54, 1.807) is 21.3 Å². The molecular formula is C19H29NO3. The molecule has 1 aliphatic carbocycles. The van der Waals surface area contributed by atoms with Crippen molar-refractivity contribution in [3.05, 3.63) is 29.8 Å². The van der Waals surface area contributed by atoms with Gasteiger partial charge in [-0.2, -0.15) is 0 Å². The summed E-state index contributed by atoms with van der Waals surface area (Å²) in [5, 5.41) is 0. The zero-order valence-electron chi connectivity index (χ0n) is 14.8. The van der Waals surface area contributed by atoms with E-state index in [0.717, 1.165) is 44.5 Å². The van der Waals surface area contributed by atoms with Gasteiger partial charge in [0.25, 0.3) is 0 Å². The SMILES string of the molecule is COc1cccc([C@@]23CCN(C)C[C@H]2CCC(OC)(OC)C3)c1. The number of methoxy groups -OCH3 is 3. The first-order valence-electron chi connectivity index (χ1n) is 8.51. The Bertz CT molecular complexity index is 543. The van der Waals surface area contributed by atoms with Crippen molar-refractivity contribution in [1.82, 2.24) is 4.90 Å². The first-order valence-corrected chi connectivity index (χ1v) is 8.51. The molecule has 0 aromatic heterocycles. The number of benzene rings is 1. The van der Waals surface area contributed by atoms with Crippen LogP contribution in [0, 0.1) is 5.92 Å². The summed E-state index contributed by atoms with van der Waals surface area (Å²) in [6.07, 6.45) is 4.14. The minimum absolute atomic E-state index is 0.103. The van der Waals surface area contributed by atoms with Crippen molar-refractivity contribution in [2.45, 2.75) is 36.9 Å². The summed E-state index contributed by atoms with van der Waals surface area (Å²) in [5.74, 6) is 1.10. The molecule has 128 valence electrons. The Labute approximate surface area is 139 Å². The Morgan fingerprint density at radius 2 is 1.91 bits per heavy atom. The van der Waals surface area contributed by atoms with Crippen LogP contribution in [0.2, 0.25) is 0 Å². The molecule has 4 heteroatoms. The molecule has 0 unspecified atom stereocenters. The van der Waals surface area contributed by atoms with Crippen LogP contribution in [0.15, 0.2) is 24.3 Å². The standard InChI is InChI=1S/C19H29NO3/c1-20-11-10-18(15-6-5-7-17(12-15)21-2)14-19(22-3,23-4)9-8-16(18)13-20/h5-7,12,16H,8-11,13-14H2,1-4H3/t16-,18+/m1/s1. The highest BCUT2D eigenvalue weighted by Gasteiger charge is 2.53. The highest BCUT2D eigenvalue weighted by Crippen LogP contribution is 2.53. The first kappa shape index (κ1) is 16.7. The van der Waals surface area contributed by atoms with Gasteiger partial charge in [-0.25, -0.2) is 0 Å². The second-order valence-electron chi connectivity index (χ2n) is 7.13.